The molecule has 13 heteroatoms. The van der Waals surface area contributed by atoms with Crippen LogP contribution in [-0.4, -0.2) is 93.8 Å². The van der Waals surface area contributed by atoms with E-state index in [-0.39, 0.29) is 69.7 Å². The van der Waals surface area contributed by atoms with Gasteiger partial charge in [-0.3, -0.25) is 14.4 Å². The van der Waals surface area contributed by atoms with Crippen molar-refractivity contribution in [3.63, 3.8) is 0 Å². The van der Waals surface area contributed by atoms with E-state index >= 15 is 0 Å². The Hall–Kier alpha value is -4.26. The fourth-order valence-electron chi connectivity index (χ4n) is 4.07. The molecule has 1 fully saturated rings. The number of anilines is 1. The highest BCUT2D eigenvalue weighted by molar-refractivity contribution is 5.97. The number of piperazine rings is 1. The lowest BCUT2D eigenvalue weighted by Crippen LogP contribution is -2.55. The van der Waals surface area contributed by atoms with Crippen LogP contribution in [0.25, 0.3) is 11.4 Å². The molecule has 2 amide bonds. The van der Waals surface area contributed by atoms with Crippen LogP contribution >= 0.6 is 0 Å². The van der Waals surface area contributed by atoms with Crippen LogP contribution in [-0.2, 0) is 19.2 Å². The number of ether oxygens (including phenoxy) is 1. The second-order valence-corrected chi connectivity index (χ2v) is 9.47. The Balaban J connectivity index is 1.76. The van der Waals surface area contributed by atoms with E-state index in [1.807, 2.05) is 44.2 Å². The summed E-state index contributed by atoms with van der Waals surface area (Å²) in [7, 11) is 0. The van der Waals surface area contributed by atoms with Gasteiger partial charge in [0.1, 0.15) is 17.6 Å². The predicted molar refractivity (Wildman–Crippen MR) is 145 cm³/mol. The minimum Gasteiger partial charge on any atom is -0.481 e. The molecule has 2 aromatic rings. The number of aromatic nitrogens is 2. The molecule has 1 aliphatic rings. The van der Waals surface area contributed by atoms with Crippen molar-refractivity contribution in [3.8, 4) is 11.4 Å². The number of carbonyl (C=O) groups excluding carboxylic acids is 3. The lowest BCUT2D eigenvalue weighted by atomic mass is 10.1. The molecule has 1 atom stereocenters. The number of hydroxylamine groups is 2. The van der Waals surface area contributed by atoms with E-state index in [2.05, 4.69) is 20.6 Å². The molecule has 0 saturated carbocycles. The molecule has 0 bridgehead atoms. The highest BCUT2D eigenvalue weighted by atomic mass is 16.8. The third-order valence-electron chi connectivity index (χ3n) is 5.93. The summed E-state index contributed by atoms with van der Waals surface area (Å²) in [5.74, 6) is -1.12. The van der Waals surface area contributed by atoms with Crippen LogP contribution in [0.5, 0.6) is 0 Å². The first-order valence-electron chi connectivity index (χ1n) is 13.3. The molecule has 3 rings (SSSR count). The number of hydrogen-bond acceptors (Lipinski definition) is 10. The predicted octanol–water partition coefficient (Wildman–Crippen LogP) is 2.55. The minimum absolute atomic E-state index is 0.0475. The third kappa shape index (κ3) is 9.19. The van der Waals surface area contributed by atoms with Gasteiger partial charge in [-0.25, -0.2) is 14.8 Å². The van der Waals surface area contributed by atoms with Crippen LogP contribution < -0.4 is 10.6 Å². The van der Waals surface area contributed by atoms with Crippen LogP contribution in [0, 0.1) is 0 Å². The van der Waals surface area contributed by atoms with Crippen LogP contribution in [0.15, 0.2) is 36.4 Å². The average Bonchev–Trinajstić information content (AvgIpc) is 2.92. The first kappa shape index (κ1) is 30.3. The molecule has 1 aliphatic heterocycles. The van der Waals surface area contributed by atoms with Crippen molar-refractivity contribution in [1.82, 2.24) is 25.2 Å². The van der Waals surface area contributed by atoms with E-state index in [0.29, 0.717) is 11.6 Å². The summed E-state index contributed by atoms with van der Waals surface area (Å²) in [5, 5.41) is 16.5. The average molecular weight is 557 g/mol. The Labute approximate surface area is 232 Å². The summed E-state index contributed by atoms with van der Waals surface area (Å²) in [5.41, 5.74) is 0.793. The zero-order valence-corrected chi connectivity index (χ0v) is 23.0. The fraction of sp³-hybridized carbons (Fsp3) is 0.481. The van der Waals surface area contributed by atoms with E-state index in [9.17, 15) is 19.2 Å². The SMILES string of the molecule is CCOC(=O)ON1CCN(C(=O)[C@H](CCCC(=O)O)NC(=O)c2cc(NC(C)C)nc(-c3ccccc3)n2)CC1. The molecule has 1 aromatic carbocycles. The molecule has 1 saturated heterocycles. The quantitative estimate of drug-likeness (QED) is 0.329. The third-order valence-corrected chi connectivity index (χ3v) is 5.93. The number of nitrogens with one attached hydrogen (secondary N) is 2. The molecule has 2 heterocycles. The molecule has 40 heavy (non-hydrogen) atoms. The number of amides is 2. The van der Waals surface area contributed by atoms with Crippen molar-refractivity contribution in [3.05, 3.63) is 42.1 Å². The molecule has 0 spiro atoms. The number of benzene rings is 1. The second-order valence-electron chi connectivity index (χ2n) is 9.47. The van der Waals surface area contributed by atoms with Crippen molar-refractivity contribution in [2.45, 2.75) is 52.1 Å². The van der Waals surface area contributed by atoms with Gasteiger partial charge in [0, 0.05) is 37.2 Å². The van der Waals surface area contributed by atoms with E-state index < -0.39 is 24.1 Å². The van der Waals surface area contributed by atoms with E-state index in [4.69, 9.17) is 14.7 Å². The summed E-state index contributed by atoms with van der Waals surface area (Å²) in [6.45, 7) is 6.76. The Kier molecular flexibility index (Phi) is 11.2. The highest BCUT2D eigenvalue weighted by Gasteiger charge is 2.30. The first-order chi connectivity index (χ1) is 19.2. The molecule has 1 aromatic heterocycles. The molecule has 0 radical (unpaired) electrons. The van der Waals surface area contributed by atoms with E-state index in [1.54, 1.807) is 11.8 Å². The second kappa shape index (κ2) is 14.8. The van der Waals surface area contributed by atoms with Gasteiger partial charge in [-0.05, 0) is 33.6 Å². The zero-order valence-electron chi connectivity index (χ0n) is 23.0. The van der Waals surface area contributed by atoms with Gasteiger partial charge in [-0.1, -0.05) is 30.3 Å². The minimum atomic E-state index is -0.991. The van der Waals surface area contributed by atoms with Crippen LogP contribution in [0.2, 0.25) is 0 Å². The van der Waals surface area contributed by atoms with Gasteiger partial charge in [0.2, 0.25) is 5.91 Å². The highest BCUT2D eigenvalue weighted by Crippen LogP contribution is 2.19. The Morgan fingerprint density at radius 1 is 1.05 bits per heavy atom. The van der Waals surface area contributed by atoms with Crippen molar-refractivity contribution in [1.29, 1.82) is 0 Å². The number of nitrogens with zero attached hydrogens (tertiary/aromatic N) is 4. The fourth-order valence-corrected chi connectivity index (χ4v) is 4.07. The molecule has 3 N–H and O–H groups in total. The number of carbonyl (C=O) groups is 4. The number of carboxylic acid groups (broad SMARTS) is 1. The van der Waals surface area contributed by atoms with Crippen LogP contribution in [0.3, 0.4) is 0 Å². The van der Waals surface area contributed by atoms with E-state index in [0.717, 1.165) is 5.56 Å². The number of hydrogen-bond donors (Lipinski definition) is 3. The normalized spacial score (nSPS) is 14.3. The van der Waals surface area contributed by atoms with Gasteiger partial charge in [-0.2, -0.15) is 0 Å². The maximum Gasteiger partial charge on any atom is 0.527 e. The van der Waals surface area contributed by atoms with Gasteiger partial charge < -0.3 is 30.2 Å². The van der Waals surface area contributed by atoms with Crippen LogP contribution in [0.1, 0.15) is 50.5 Å². The Morgan fingerprint density at radius 2 is 1.75 bits per heavy atom. The molecule has 0 aliphatic carbocycles. The van der Waals surface area contributed by atoms with Crippen molar-refractivity contribution in [2.24, 2.45) is 0 Å². The first-order valence-corrected chi connectivity index (χ1v) is 13.3. The summed E-state index contributed by atoms with van der Waals surface area (Å²) in [6.07, 6.45) is -0.636. The lowest BCUT2D eigenvalue weighted by molar-refractivity contribution is -0.157. The zero-order chi connectivity index (χ0) is 29.1. The smallest absolute Gasteiger partial charge is 0.481 e. The topological polar surface area (TPSA) is 163 Å². The van der Waals surface area contributed by atoms with Crippen LogP contribution in [0.4, 0.5) is 10.6 Å². The van der Waals surface area contributed by atoms with Gasteiger partial charge in [-0.15, -0.1) is 5.06 Å². The Morgan fingerprint density at radius 3 is 2.38 bits per heavy atom. The number of aliphatic carboxylic acids is 1. The van der Waals surface area contributed by atoms with Crippen molar-refractivity contribution < 1.29 is 33.9 Å². The maximum atomic E-state index is 13.4. The largest absolute Gasteiger partial charge is 0.527 e. The summed E-state index contributed by atoms with van der Waals surface area (Å²) in [4.78, 5) is 65.2. The van der Waals surface area contributed by atoms with Gasteiger partial charge in [0.25, 0.3) is 5.91 Å². The summed E-state index contributed by atoms with van der Waals surface area (Å²) >= 11 is 0. The van der Waals surface area contributed by atoms with Gasteiger partial charge >= 0.3 is 12.1 Å². The van der Waals surface area contributed by atoms with Crippen molar-refractivity contribution in [2.75, 3.05) is 38.1 Å². The van der Waals surface area contributed by atoms with E-state index in [1.165, 1.54) is 11.1 Å². The molecular weight excluding hydrogens is 520 g/mol. The molecule has 216 valence electrons. The van der Waals surface area contributed by atoms with Crippen molar-refractivity contribution >= 4 is 29.8 Å². The summed E-state index contributed by atoms with van der Waals surface area (Å²) < 4.78 is 4.78. The molecule has 0 unspecified atom stereocenters. The van der Waals surface area contributed by atoms with Gasteiger partial charge in [0.05, 0.1) is 19.7 Å². The molecule has 13 nitrogen and oxygen atoms in total. The standard InChI is InChI=1S/C27H36N6O7/c1-4-39-27(38)40-33-15-13-32(14-16-33)26(37)20(11-8-12-23(34)35)30-25(36)21-17-22(28-18(2)3)31-24(29-21)19-9-6-5-7-10-19/h5-7,9-10,17-18,20H,4,8,11-16H2,1-3H3,(H,30,36)(H,34,35)(H,28,29,31)/t20-/m0/s1. The Bertz CT molecular complexity index is 1170. The number of rotatable bonds is 12. The summed E-state index contributed by atoms with van der Waals surface area (Å²) in [6, 6.07) is 9.81. The lowest BCUT2D eigenvalue weighted by Gasteiger charge is -2.35. The maximum absolute atomic E-state index is 13.4. The molecular formula is C27H36N6O7. The number of carboxylic acids is 1. The monoisotopic (exact) mass is 556 g/mol. The van der Waals surface area contributed by atoms with Gasteiger partial charge in [0.15, 0.2) is 5.82 Å².